The Balaban J connectivity index is 2.94. The van der Waals surface area contributed by atoms with Crippen molar-refractivity contribution in [3.05, 3.63) is 29.3 Å². The van der Waals surface area contributed by atoms with E-state index in [9.17, 15) is 23.1 Å². The maximum absolute atomic E-state index is 12.3. The molecule has 3 N–H and O–H groups in total. The topological polar surface area (TPSA) is 69.6 Å². The molecule has 0 atom stereocenters. The van der Waals surface area contributed by atoms with E-state index in [4.69, 9.17) is 5.11 Å². The molecular weight excluding hydrogens is 239 g/mol. The number of aliphatic hydroxyl groups excluding tert-OH is 1. The summed E-state index contributed by atoms with van der Waals surface area (Å²) < 4.78 is 36.8. The zero-order chi connectivity index (χ0) is 13.1. The van der Waals surface area contributed by atoms with Gasteiger partial charge in [0.25, 0.3) is 5.91 Å². The lowest BCUT2D eigenvalue weighted by Gasteiger charge is -2.09. The van der Waals surface area contributed by atoms with E-state index >= 15 is 0 Å². The molecule has 1 aromatic rings. The van der Waals surface area contributed by atoms with Gasteiger partial charge in [0.1, 0.15) is 5.75 Å². The molecule has 1 aromatic carbocycles. The minimum atomic E-state index is -4.57. The van der Waals surface area contributed by atoms with Gasteiger partial charge in [-0.05, 0) is 18.2 Å². The number of amides is 1. The number of alkyl halides is 3. The Hall–Kier alpha value is -1.76. The van der Waals surface area contributed by atoms with Crippen LogP contribution in [-0.4, -0.2) is 29.3 Å². The Bertz CT molecular complexity index is 418. The molecule has 0 spiro atoms. The van der Waals surface area contributed by atoms with Crippen molar-refractivity contribution in [2.75, 3.05) is 13.2 Å². The van der Waals surface area contributed by atoms with E-state index in [0.717, 1.165) is 6.07 Å². The summed E-state index contributed by atoms with van der Waals surface area (Å²) in [6.45, 7) is -0.341. The molecule has 0 aliphatic carbocycles. The second-order valence-corrected chi connectivity index (χ2v) is 3.21. The molecule has 0 heterocycles. The zero-order valence-electron chi connectivity index (χ0n) is 8.58. The van der Waals surface area contributed by atoms with Crippen LogP contribution in [0.15, 0.2) is 18.2 Å². The first-order valence-electron chi connectivity index (χ1n) is 4.65. The minimum Gasteiger partial charge on any atom is -0.507 e. The first-order chi connectivity index (χ1) is 7.86. The predicted molar refractivity (Wildman–Crippen MR) is 52.5 cm³/mol. The highest BCUT2D eigenvalue weighted by molar-refractivity contribution is 5.96. The van der Waals surface area contributed by atoms with Crippen LogP contribution in [0.5, 0.6) is 5.75 Å². The number of carbonyl (C=O) groups is 1. The number of hydrogen-bond acceptors (Lipinski definition) is 3. The highest BCUT2D eigenvalue weighted by atomic mass is 19.4. The molecular formula is C10H10F3NO3. The van der Waals surface area contributed by atoms with Gasteiger partial charge in [0.15, 0.2) is 0 Å². The van der Waals surface area contributed by atoms with Gasteiger partial charge in [-0.15, -0.1) is 0 Å². The number of aromatic hydroxyl groups is 1. The van der Waals surface area contributed by atoms with Crippen molar-refractivity contribution in [3.63, 3.8) is 0 Å². The van der Waals surface area contributed by atoms with Crippen LogP contribution in [0.4, 0.5) is 13.2 Å². The van der Waals surface area contributed by atoms with Crippen LogP contribution in [0, 0.1) is 0 Å². The Kier molecular flexibility index (Phi) is 3.95. The summed E-state index contributed by atoms with van der Waals surface area (Å²) in [6.07, 6.45) is -4.57. The lowest BCUT2D eigenvalue weighted by molar-refractivity contribution is -0.137. The summed E-state index contributed by atoms with van der Waals surface area (Å²) in [5.41, 5.74) is -1.31. The second kappa shape index (κ2) is 5.05. The van der Waals surface area contributed by atoms with Gasteiger partial charge in [0.2, 0.25) is 0 Å². The molecule has 7 heteroatoms. The smallest absolute Gasteiger partial charge is 0.416 e. The number of phenolic OH excluding ortho intramolecular Hbond substituents is 1. The normalized spacial score (nSPS) is 11.3. The zero-order valence-corrected chi connectivity index (χ0v) is 8.58. The third kappa shape index (κ3) is 3.35. The average Bonchev–Trinajstić information content (AvgIpc) is 2.24. The predicted octanol–water partition coefficient (Wildman–Crippen LogP) is 1.13. The number of carbonyl (C=O) groups excluding carboxylic acids is 1. The van der Waals surface area contributed by atoms with Crippen molar-refractivity contribution in [2.24, 2.45) is 0 Å². The van der Waals surface area contributed by atoms with Crippen LogP contribution < -0.4 is 5.32 Å². The Morgan fingerprint density at radius 3 is 2.47 bits per heavy atom. The van der Waals surface area contributed by atoms with Gasteiger partial charge in [-0.25, -0.2) is 0 Å². The van der Waals surface area contributed by atoms with Gasteiger partial charge in [-0.1, -0.05) is 0 Å². The van der Waals surface area contributed by atoms with E-state index in [2.05, 4.69) is 5.32 Å². The fourth-order valence-corrected chi connectivity index (χ4v) is 1.16. The molecule has 4 nitrogen and oxygen atoms in total. The third-order valence-electron chi connectivity index (χ3n) is 1.97. The maximum atomic E-state index is 12.3. The van der Waals surface area contributed by atoms with Crippen molar-refractivity contribution in [2.45, 2.75) is 6.18 Å². The van der Waals surface area contributed by atoms with Crippen LogP contribution in [0.3, 0.4) is 0 Å². The molecule has 0 aromatic heterocycles. The molecule has 0 saturated carbocycles. The Morgan fingerprint density at radius 2 is 2.00 bits per heavy atom. The van der Waals surface area contributed by atoms with Crippen LogP contribution in [-0.2, 0) is 6.18 Å². The van der Waals surface area contributed by atoms with Crippen LogP contribution in [0.1, 0.15) is 15.9 Å². The van der Waals surface area contributed by atoms with E-state index in [1.54, 1.807) is 0 Å². The lowest BCUT2D eigenvalue weighted by Crippen LogP contribution is -2.26. The largest absolute Gasteiger partial charge is 0.507 e. The maximum Gasteiger partial charge on any atom is 0.416 e. The summed E-state index contributed by atoms with van der Waals surface area (Å²) in [5, 5.41) is 20.0. The molecule has 0 radical (unpaired) electrons. The fourth-order valence-electron chi connectivity index (χ4n) is 1.16. The van der Waals surface area contributed by atoms with E-state index in [1.165, 1.54) is 0 Å². The second-order valence-electron chi connectivity index (χ2n) is 3.21. The van der Waals surface area contributed by atoms with Gasteiger partial charge in [0.05, 0.1) is 17.7 Å². The van der Waals surface area contributed by atoms with Crippen molar-refractivity contribution >= 4 is 5.91 Å². The fraction of sp³-hybridized carbons (Fsp3) is 0.300. The first-order valence-corrected chi connectivity index (χ1v) is 4.65. The molecule has 0 aliphatic heterocycles. The highest BCUT2D eigenvalue weighted by Crippen LogP contribution is 2.32. The number of hydrogen-bond donors (Lipinski definition) is 3. The van der Waals surface area contributed by atoms with Crippen molar-refractivity contribution in [3.8, 4) is 5.75 Å². The van der Waals surface area contributed by atoms with E-state index in [0.29, 0.717) is 12.1 Å². The van der Waals surface area contributed by atoms with Crippen molar-refractivity contribution < 1.29 is 28.2 Å². The van der Waals surface area contributed by atoms with E-state index in [-0.39, 0.29) is 18.7 Å². The lowest BCUT2D eigenvalue weighted by atomic mass is 10.1. The number of nitrogens with one attached hydrogen (secondary N) is 1. The number of aliphatic hydroxyl groups is 1. The average molecular weight is 249 g/mol. The highest BCUT2D eigenvalue weighted by Gasteiger charge is 2.31. The van der Waals surface area contributed by atoms with Crippen LogP contribution in [0.25, 0.3) is 0 Å². The molecule has 0 unspecified atom stereocenters. The number of halogens is 3. The summed E-state index contributed by atoms with van der Waals surface area (Å²) in [5.74, 6) is -1.50. The SMILES string of the molecule is O=C(NCCO)c1ccc(C(F)(F)F)cc1O. The quantitative estimate of drug-likeness (QED) is 0.752. The first kappa shape index (κ1) is 13.3. The van der Waals surface area contributed by atoms with E-state index < -0.39 is 23.4 Å². The summed E-state index contributed by atoms with van der Waals surface area (Å²) >= 11 is 0. The van der Waals surface area contributed by atoms with Gasteiger partial charge in [-0.2, -0.15) is 13.2 Å². The van der Waals surface area contributed by atoms with Crippen molar-refractivity contribution in [1.29, 1.82) is 0 Å². The number of benzene rings is 1. The minimum absolute atomic E-state index is 0.0424. The molecule has 0 fully saturated rings. The van der Waals surface area contributed by atoms with Crippen molar-refractivity contribution in [1.82, 2.24) is 5.32 Å². The van der Waals surface area contributed by atoms with Gasteiger partial charge >= 0.3 is 6.18 Å². The number of rotatable bonds is 3. The van der Waals surface area contributed by atoms with Crippen LogP contribution >= 0.6 is 0 Å². The molecule has 1 amide bonds. The molecule has 1 rings (SSSR count). The van der Waals surface area contributed by atoms with E-state index in [1.807, 2.05) is 0 Å². The molecule has 0 aliphatic rings. The third-order valence-corrected chi connectivity index (χ3v) is 1.97. The van der Waals surface area contributed by atoms with Gasteiger partial charge < -0.3 is 15.5 Å². The summed E-state index contributed by atoms with van der Waals surface area (Å²) in [4.78, 5) is 11.3. The molecule has 0 saturated heterocycles. The standard InChI is InChI=1S/C10H10F3NO3/c11-10(12,13)6-1-2-7(8(16)5-6)9(17)14-3-4-15/h1-2,5,15-16H,3-4H2,(H,14,17). The summed E-state index contributed by atoms with van der Waals surface area (Å²) in [6, 6.07) is 2.06. The number of phenols is 1. The molecule has 17 heavy (non-hydrogen) atoms. The molecule has 0 bridgehead atoms. The summed E-state index contributed by atoms with van der Waals surface area (Å²) in [7, 11) is 0. The van der Waals surface area contributed by atoms with Gasteiger partial charge in [-0.3, -0.25) is 4.79 Å². The monoisotopic (exact) mass is 249 g/mol. The van der Waals surface area contributed by atoms with Crippen LogP contribution in [0.2, 0.25) is 0 Å². The Morgan fingerprint density at radius 1 is 1.35 bits per heavy atom. The Labute approximate surface area is 94.7 Å². The van der Waals surface area contributed by atoms with Gasteiger partial charge in [0, 0.05) is 6.54 Å². The molecule has 94 valence electrons.